The van der Waals surface area contributed by atoms with Crippen molar-refractivity contribution in [1.29, 1.82) is 0 Å². The second kappa shape index (κ2) is 9.75. The molecule has 8 nitrogen and oxygen atoms in total. The van der Waals surface area contributed by atoms with E-state index in [1.165, 1.54) is 24.3 Å². The Morgan fingerprint density at radius 2 is 1.68 bits per heavy atom. The molecular weight excluding hydrogens is 384 g/mol. The van der Waals surface area contributed by atoms with Gasteiger partial charge in [0.25, 0.3) is 15.9 Å². The van der Waals surface area contributed by atoms with Gasteiger partial charge in [-0.05, 0) is 50.2 Å². The SMILES string of the molecule is CCNC(=O)COC(=O)c1ccccc1NS(=O)(=O)c1ccc(OCC)cc1. The molecule has 2 N–H and O–H groups in total. The molecule has 0 aliphatic rings. The Bertz CT molecular complexity index is 926. The summed E-state index contributed by atoms with van der Waals surface area (Å²) in [5, 5.41) is 2.50. The number of carbonyl (C=O) groups excluding carboxylic acids is 2. The number of amides is 1. The zero-order valence-corrected chi connectivity index (χ0v) is 16.4. The highest BCUT2D eigenvalue weighted by Gasteiger charge is 2.20. The first-order chi connectivity index (χ1) is 13.4. The molecule has 150 valence electrons. The van der Waals surface area contributed by atoms with Gasteiger partial charge in [-0.1, -0.05) is 12.1 Å². The number of benzene rings is 2. The third kappa shape index (κ3) is 5.71. The van der Waals surface area contributed by atoms with Crippen LogP contribution in [-0.2, 0) is 19.6 Å². The first-order valence-corrected chi connectivity index (χ1v) is 10.1. The number of esters is 1. The fourth-order valence-electron chi connectivity index (χ4n) is 2.29. The molecule has 0 unspecified atom stereocenters. The Morgan fingerprint density at radius 3 is 2.32 bits per heavy atom. The number of anilines is 1. The van der Waals surface area contributed by atoms with Crippen LogP contribution in [0, 0.1) is 0 Å². The van der Waals surface area contributed by atoms with Gasteiger partial charge in [-0.3, -0.25) is 9.52 Å². The molecule has 0 aliphatic heterocycles. The molecular formula is C19H22N2O6S. The molecule has 2 aromatic carbocycles. The number of para-hydroxylation sites is 1. The molecule has 1 amide bonds. The molecule has 28 heavy (non-hydrogen) atoms. The predicted molar refractivity (Wildman–Crippen MR) is 104 cm³/mol. The molecule has 0 radical (unpaired) electrons. The van der Waals surface area contributed by atoms with E-state index in [9.17, 15) is 18.0 Å². The molecule has 0 heterocycles. The fourth-order valence-corrected chi connectivity index (χ4v) is 3.37. The smallest absolute Gasteiger partial charge is 0.340 e. The van der Waals surface area contributed by atoms with Crippen LogP contribution in [0.2, 0.25) is 0 Å². The summed E-state index contributed by atoms with van der Waals surface area (Å²) in [7, 11) is -3.93. The van der Waals surface area contributed by atoms with Gasteiger partial charge in [-0.2, -0.15) is 0 Å². The van der Waals surface area contributed by atoms with Crippen LogP contribution in [-0.4, -0.2) is 40.1 Å². The average molecular weight is 406 g/mol. The van der Waals surface area contributed by atoms with Gasteiger partial charge in [0, 0.05) is 6.54 Å². The fraction of sp³-hybridized carbons (Fsp3) is 0.263. The summed E-state index contributed by atoms with van der Waals surface area (Å²) >= 11 is 0. The Labute approximate surface area is 163 Å². The number of hydrogen-bond donors (Lipinski definition) is 2. The zero-order valence-electron chi connectivity index (χ0n) is 15.6. The molecule has 2 rings (SSSR count). The van der Waals surface area contributed by atoms with E-state index in [1.807, 2.05) is 6.92 Å². The number of rotatable bonds is 9. The van der Waals surface area contributed by atoms with Crippen molar-refractivity contribution in [3.05, 3.63) is 54.1 Å². The van der Waals surface area contributed by atoms with Crippen molar-refractivity contribution in [2.24, 2.45) is 0 Å². The molecule has 0 bridgehead atoms. The van der Waals surface area contributed by atoms with E-state index < -0.39 is 28.5 Å². The van der Waals surface area contributed by atoms with E-state index in [-0.39, 0.29) is 16.1 Å². The maximum atomic E-state index is 12.6. The predicted octanol–water partition coefficient (Wildman–Crippen LogP) is 2.18. The number of likely N-dealkylation sites (N-methyl/N-ethyl adjacent to an activating group) is 1. The minimum absolute atomic E-state index is 0.00121. The summed E-state index contributed by atoms with van der Waals surface area (Å²) in [6.45, 7) is 4.00. The quantitative estimate of drug-likeness (QED) is 0.618. The second-order valence-corrected chi connectivity index (χ2v) is 7.27. The Morgan fingerprint density at radius 1 is 1.00 bits per heavy atom. The van der Waals surface area contributed by atoms with Gasteiger partial charge in [0.2, 0.25) is 0 Å². The summed E-state index contributed by atoms with van der Waals surface area (Å²) in [6, 6.07) is 11.9. The van der Waals surface area contributed by atoms with E-state index in [0.29, 0.717) is 18.9 Å². The van der Waals surface area contributed by atoms with Crippen molar-refractivity contribution in [2.75, 3.05) is 24.5 Å². The molecule has 0 aromatic heterocycles. The van der Waals surface area contributed by atoms with Gasteiger partial charge < -0.3 is 14.8 Å². The van der Waals surface area contributed by atoms with Crippen molar-refractivity contribution < 1.29 is 27.5 Å². The molecule has 9 heteroatoms. The summed E-state index contributed by atoms with van der Waals surface area (Å²) in [5.41, 5.74) is 0.0543. The molecule has 0 aliphatic carbocycles. The minimum atomic E-state index is -3.93. The Kier molecular flexibility index (Phi) is 7.39. The zero-order chi connectivity index (χ0) is 20.6. The van der Waals surface area contributed by atoms with Crippen molar-refractivity contribution in [3.63, 3.8) is 0 Å². The highest BCUT2D eigenvalue weighted by molar-refractivity contribution is 7.92. The van der Waals surface area contributed by atoms with Crippen molar-refractivity contribution >= 4 is 27.6 Å². The number of carbonyl (C=O) groups is 2. The van der Waals surface area contributed by atoms with Crippen LogP contribution >= 0.6 is 0 Å². The maximum Gasteiger partial charge on any atom is 0.340 e. The Hall–Kier alpha value is -3.07. The number of hydrogen-bond acceptors (Lipinski definition) is 6. The van der Waals surface area contributed by atoms with Crippen LogP contribution in [0.3, 0.4) is 0 Å². The lowest BCUT2D eigenvalue weighted by molar-refractivity contribution is -0.124. The van der Waals surface area contributed by atoms with E-state index in [1.54, 1.807) is 31.2 Å². The third-order valence-corrected chi connectivity index (χ3v) is 4.93. The van der Waals surface area contributed by atoms with Gasteiger partial charge in [0.05, 0.1) is 22.8 Å². The maximum absolute atomic E-state index is 12.6. The van der Waals surface area contributed by atoms with Crippen molar-refractivity contribution in [3.8, 4) is 5.75 Å². The topological polar surface area (TPSA) is 111 Å². The van der Waals surface area contributed by atoms with Gasteiger partial charge in [0.1, 0.15) is 5.75 Å². The number of sulfonamides is 1. The first kappa shape index (κ1) is 21.2. The van der Waals surface area contributed by atoms with Crippen molar-refractivity contribution in [1.82, 2.24) is 5.32 Å². The molecule has 0 spiro atoms. The summed E-state index contributed by atoms with van der Waals surface area (Å²) in [4.78, 5) is 23.7. The van der Waals surface area contributed by atoms with E-state index >= 15 is 0 Å². The van der Waals surface area contributed by atoms with Crippen LogP contribution in [0.1, 0.15) is 24.2 Å². The summed E-state index contributed by atoms with van der Waals surface area (Å²) in [5.74, 6) is -0.699. The molecule has 0 atom stereocenters. The Balaban J connectivity index is 2.17. The van der Waals surface area contributed by atoms with Gasteiger partial charge in [0.15, 0.2) is 6.61 Å². The molecule has 0 saturated heterocycles. The lowest BCUT2D eigenvalue weighted by Crippen LogP contribution is -2.28. The lowest BCUT2D eigenvalue weighted by atomic mass is 10.2. The number of ether oxygens (including phenoxy) is 2. The van der Waals surface area contributed by atoms with E-state index in [0.717, 1.165) is 0 Å². The average Bonchev–Trinajstić information content (AvgIpc) is 2.67. The minimum Gasteiger partial charge on any atom is -0.494 e. The highest BCUT2D eigenvalue weighted by atomic mass is 32.2. The second-order valence-electron chi connectivity index (χ2n) is 5.59. The molecule has 2 aromatic rings. The largest absolute Gasteiger partial charge is 0.494 e. The lowest BCUT2D eigenvalue weighted by Gasteiger charge is -2.12. The van der Waals surface area contributed by atoms with Gasteiger partial charge in [-0.25, -0.2) is 13.2 Å². The van der Waals surface area contributed by atoms with Crippen LogP contribution in [0.25, 0.3) is 0 Å². The van der Waals surface area contributed by atoms with E-state index in [4.69, 9.17) is 9.47 Å². The van der Waals surface area contributed by atoms with Crippen LogP contribution in [0.5, 0.6) is 5.75 Å². The summed E-state index contributed by atoms with van der Waals surface area (Å²) in [6.07, 6.45) is 0. The number of nitrogens with one attached hydrogen (secondary N) is 2. The first-order valence-electron chi connectivity index (χ1n) is 8.66. The third-order valence-electron chi connectivity index (χ3n) is 3.54. The molecule has 0 saturated carbocycles. The summed E-state index contributed by atoms with van der Waals surface area (Å²) < 4.78 is 37.9. The highest BCUT2D eigenvalue weighted by Crippen LogP contribution is 2.22. The van der Waals surface area contributed by atoms with E-state index in [2.05, 4.69) is 10.0 Å². The standard InChI is InChI=1S/C19H22N2O6S/c1-3-20-18(22)13-27-19(23)16-7-5-6-8-17(16)21-28(24,25)15-11-9-14(10-12-15)26-4-2/h5-12,21H,3-4,13H2,1-2H3,(H,20,22). The normalized spacial score (nSPS) is 10.8. The monoisotopic (exact) mass is 406 g/mol. The van der Waals surface area contributed by atoms with Crippen LogP contribution in [0.15, 0.2) is 53.4 Å². The van der Waals surface area contributed by atoms with Gasteiger partial charge >= 0.3 is 5.97 Å². The van der Waals surface area contributed by atoms with Gasteiger partial charge in [-0.15, -0.1) is 0 Å². The van der Waals surface area contributed by atoms with Crippen molar-refractivity contribution in [2.45, 2.75) is 18.7 Å². The molecule has 0 fully saturated rings. The van der Waals surface area contributed by atoms with Crippen LogP contribution in [0.4, 0.5) is 5.69 Å². The van der Waals surface area contributed by atoms with Crippen LogP contribution < -0.4 is 14.8 Å².